The van der Waals surface area contributed by atoms with Crippen molar-refractivity contribution in [3.8, 4) is 5.75 Å². The Balaban J connectivity index is 2.03. The second-order valence-corrected chi connectivity index (χ2v) is 5.54. The van der Waals surface area contributed by atoms with Crippen molar-refractivity contribution in [2.45, 2.75) is 31.8 Å². The van der Waals surface area contributed by atoms with Crippen LogP contribution in [0.3, 0.4) is 0 Å². The van der Waals surface area contributed by atoms with Gasteiger partial charge in [0.15, 0.2) is 0 Å². The third-order valence-corrected chi connectivity index (χ3v) is 4.05. The molecular weight excluding hydrogens is 264 g/mol. The summed E-state index contributed by atoms with van der Waals surface area (Å²) in [6.45, 7) is 2.50. The summed E-state index contributed by atoms with van der Waals surface area (Å²) in [5.41, 5.74) is 6.48. The minimum Gasteiger partial charge on any atom is -0.493 e. The van der Waals surface area contributed by atoms with Crippen LogP contribution in [-0.4, -0.2) is 18.6 Å². The number of rotatable bonds is 3. The van der Waals surface area contributed by atoms with E-state index in [1.54, 1.807) is 6.92 Å². The number of hydrogen-bond acceptors (Lipinski definition) is 3. The molecule has 0 spiro atoms. The molecule has 110 valence electrons. The molecule has 1 heterocycles. The summed E-state index contributed by atoms with van der Waals surface area (Å²) in [5.74, 6) is 0.599. The first-order chi connectivity index (χ1) is 10.2. The monoisotopic (exact) mass is 284 g/mol. The lowest BCUT2D eigenvalue weighted by molar-refractivity contribution is -0.119. The average Bonchev–Trinajstić information content (AvgIpc) is 2.69. The number of ether oxygens (including phenoxy) is 1. The largest absolute Gasteiger partial charge is 0.493 e. The summed E-state index contributed by atoms with van der Waals surface area (Å²) in [5, 5.41) is 5.61. The van der Waals surface area contributed by atoms with Gasteiger partial charge in [-0.3, -0.25) is 10.1 Å². The number of benzene rings is 2. The predicted molar refractivity (Wildman–Crippen MR) is 83.2 cm³/mol. The number of carbonyl (C=O) groups is 1. The van der Waals surface area contributed by atoms with Crippen LogP contribution in [-0.2, 0) is 4.79 Å². The van der Waals surface area contributed by atoms with Gasteiger partial charge in [-0.25, -0.2) is 0 Å². The van der Waals surface area contributed by atoms with E-state index in [4.69, 9.17) is 10.5 Å². The van der Waals surface area contributed by atoms with Crippen molar-refractivity contribution >= 4 is 16.7 Å². The van der Waals surface area contributed by atoms with Gasteiger partial charge in [-0.1, -0.05) is 36.4 Å². The van der Waals surface area contributed by atoms with Gasteiger partial charge in [0.05, 0.1) is 12.6 Å². The molecule has 0 bridgehead atoms. The summed E-state index contributed by atoms with van der Waals surface area (Å²) < 4.78 is 5.98. The standard InChI is InChI=1S/C17H20N2O2/c1-11(17(18)20)19-15-7-4-10-21-16-13-6-3-2-5-12(13)8-9-14(15)16/h2-3,5-6,8-9,11,15,19H,4,7,10H2,1H3,(H2,18,20)/t11-,15+/m0/s1. The van der Waals surface area contributed by atoms with E-state index >= 15 is 0 Å². The zero-order valence-corrected chi connectivity index (χ0v) is 12.1. The van der Waals surface area contributed by atoms with E-state index < -0.39 is 0 Å². The van der Waals surface area contributed by atoms with E-state index in [2.05, 4.69) is 29.6 Å². The van der Waals surface area contributed by atoms with Gasteiger partial charge in [0, 0.05) is 17.0 Å². The van der Waals surface area contributed by atoms with Gasteiger partial charge in [-0.2, -0.15) is 0 Å². The van der Waals surface area contributed by atoms with E-state index in [1.807, 2.05) is 12.1 Å². The highest BCUT2D eigenvalue weighted by Gasteiger charge is 2.24. The second-order valence-electron chi connectivity index (χ2n) is 5.54. The number of nitrogens with two attached hydrogens (primary N) is 1. The molecule has 0 aliphatic carbocycles. The Morgan fingerprint density at radius 1 is 1.33 bits per heavy atom. The molecular formula is C17H20N2O2. The number of fused-ring (bicyclic) bond motifs is 3. The highest BCUT2D eigenvalue weighted by Crippen LogP contribution is 2.37. The number of carbonyl (C=O) groups excluding carboxylic acids is 1. The van der Waals surface area contributed by atoms with Crippen LogP contribution in [0.1, 0.15) is 31.4 Å². The average molecular weight is 284 g/mol. The Hall–Kier alpha value is -2.07. The highest BCUT2D eigenvalue weighted by atomic mass is 16.5. The molecule has 0 saturated carbocycles. The fourth-order valence-electron chi connectivity index (χ4n) is 2.87. The molecule has 0 fully saturated rings. The third-order valence-electron chi connectivity index (χ3n) is 4.05. The molecule has 0 unspecified atom stereocenters. The first-order valence-corrected chi connectivity index (χ1v) is 7.36. The summed E-state index contributed by atoms with van der Waals surface area (Å²) >= 11 is 0. The van der Waals surface area contributed by atoms with Gasteiger partial charge in [0.1, 0.15) is 5.75 Å². The van der Waals surface area contributed by atoms with Crippen molar-refractivity contribution in [1.29, 1.82) is 0 Å². The number of amides is 1. The first-order valence-electron chi connectivity index (χ1n) is 7.36. The topological polar surface area (TPSA) is 64.3 Å². The lowest BCUT2D eigenvalue weighted by Gasteiger charge is -2.22. The molecule has 4 nitrogen and oxygen atoms in total. The maximum absolute atomic E-state index is 11.3. The van der Waals surface area contributed by atoms with Crippen molar-refractivity contribution in [2.75, 3.05) is 6.61 Å². The second kappa shape index (κ2) is 5.74. The molecule has 3 N–H and O–H groups in total. The maximum atomic E-state index is 11.3. The highest BCUT2D eigenvalue weighted by molar-refractivity contribution is 5.90. The minimum absolute atomic E-state index is 0.0922. The first kappa shape index (κ1) is 13.9. The van der Waals surface area contributed by atoms with Crippen LogP contribution in [0, 0.1) is 0 Å². The van der Waals surface area contributed by atoms with E-state index in [-0.39, 0.29) is 18.0 Å². The minimum atomic E-state index is -0.354. The smallest absolute Gasteiger partial charge is 0.234 e. The molecule has 3 rings (SSSR count). The zero-order chi connectivity index (χ0) is 14.8. The van der Waals surface area contributed by atoms with Crippen molar-refractivity contribution in [2.24, 2.45) is 5.73 Å². The molecule has 1 amide bonds. The van der Waals surface area contributed by atoms with Crippen molar-refractivity contribution in [1.82, 2.24) is 5.32 Å². The maximum Gasteiger partial charge on any atom is 0.234 e. The Morgan fingerprint density at radius 2 is 2.14 bits per heavy atom. The van der Waals surface area contributed by atoms with Crippen molar-refractivity contribution in [3.05, 3.63) is 42.0 Å². The van der Waals surface area contributed by atoms with Crippen LogP contribution in [0.5, 0.6) is 5.75 Å². The van der Waals surface area contributed by atoms with E-state index in [0.29, 0.717) is 6.61 Å². The number of nitrogens with one attached hydrogen (secondary N) is 1. The van der Waals surface area contributed by atoms with Crippen LogP contribution < -0.4 is 15.8 Å². The number of hydrogen-bond donors (Lipinski definition) is 2. The third kappa shape index (κ3) is 2.72. The van der Waals surface area contributed by atoms with Gasteiger partial charge >= 0.3 is 0 Å². The molecule has 1 aliphatic rings. The molecule has 0 radical (unpaired) electrons. The fourth-order valence-corrected chi connectivity index (χ4v) is 2.87. The molecule has 0 saturated heterocycles. The lowest BCUT2D eigenvalue weighted by Crippen LogP contribution is -2.40. The van der Waals surface area contributed by atoms with Crippen LogP contribution in [0.25, 0.3) is 10.8 Å². The molecule has 2 aromatic carbocycles. The molecule has 4 heteroatoms. The Labute approximate surface area is 124 Å². The van der Waals surface area contributed by atoms with Gasteiger partial charge in [0.25, 0.3) is 0 Å². The van der Waals surface area contributed by atoms with Crippen LogP contribution in [0.2, 0.25) is 0 Å². The Morgan fingerprint density at radius 3 is 2.95 bits per heavy atom. The molecule has 21 heavy (non-hydrogen) atoms. The molecule has 2 aromatic rings. The lowest BCUT2D eigenvalue weighted by atomic mass is 9.97. The van der Waals surface area contributed by atoms with E-state index in [9.17, 15) is 4.79 Å². The van der Waals surface area contributed by atoms with Crippen molar-refractivity contribution < 1.29 is 9.53 Å². The molecule has 0 aromatic heterocycles. The summed E-state index contributed by atoms with van der Waals surface area (Å²) in [6.07, 6.45) is 1.88. The van der Waals surface area contributed by atoms with Crippen LogP contribution >= 0.6 is 0 Å². The fraction of sp³-hybridized carbons (Fsp3) is 0.353. The van der Waals surface area contributed by atoms with Gasteiger partial charge < -0.3 is 10.5 Å². The summed E-state index contributed by atoms with van der Waals surface area (Å²) in [7, 11) is 0. The Bertz CT molecular complexity index is 669. The molecule has 2 atom stereocenters. The quantitative estimate of drug-likeness (QED) is 0.910. The molecule has 1 aliphatic heterocycles. The van der Waals surface area contributed by atoms with Gasteiger partial charge in [-0.05, 0) is 25.2 Å². The SMILES string of the molecule is C[C@H](N[C@@H]1CCCOc2c1ccc1ccccc21)C(N)=O. The van der Waals surface area contributed by atoms with Crippen LogP contribution in [0.15, 0.2) is 36.4 Å². The van der Waals surface area contributed by atoms with E-state index in [0.717, 1.165) is 29.5 Å². The normalized spacial score (nSPS) is 19.4. The zero-order valence-electron chi connectivity index (χ0n) is 12.1. The Kier molecular flexibility index (Phi) is 3.80. The summed E-state index contributed by atoms with van der Waals surface area (Å²) in [4.78, 5) is 11.3. The summed E-state index contributed by atoms with van der Waals surface area (Å²) in [6, 6.07) is 12.1. The van der Waals surface area contributed by atoms with Gasteiger partial charge in [-0.15, -0.1) is 0 Å². The van der Waals surface area contributed by atoms with E-state index in [1.165, 1.54) is 5.39 Å². The van der Waals surface area contributed by atoms with Gasteiger partial charge in [0.2, 0.25) is 5.91 Å². The predicted octanol–water partition coefficient (Wildman–Crippen LogP) is 2.52. The number of primary amides is 1. The van der Waals surface area contributed by atoms with Crippen LogP contribution in [0.4, 0.5) is 0 Å². The van der Waals surface area contributed by atoms with Crippen molar-refractivity contribution in [3.63, 3.8) is 0 Å².